The Kier molecular flexibility index (Phi) is 5.21. The first-order valence-corrected chi connectivity index (χ1v) is 9.51. The Morgan fingerprint density at radius 1 is 1.07 bits per heavy atom. The van der Waals surface area contributed by atoms with Gasteiger partial charge in [-0.25, -0.2) is 4.98 Å². The fraction of sp³-hybridized carbons (Fsp3) is 0.318. The minimum atomic E-state index is 0.0582. The first-order valence-electron chi connectivity index (χ1n) is 9.51. The molecule has 0 atom stereocenters. The number of piperidine rings is 1. The number of likely N-dealkylation sites (tertiary alicyclic amines) is 1. The summed E-state index contributed by atoms with van der Waals surface area (Å²) in [6.07, 6.45) is 7.08. The van der Waals surface area contributed by atoms with Crippen molar-refractivity contribution in [1.29, 1.82) is 0 Å². The molecule has 1 N–H and O–H groups in total. The summed E-state index contributed by atoms with van der Waals surface area (Å²) in [5.74, 6) is 1.44. The maximum Gasteiger partial charge on any atom is 0.228 e. The second-order valence-corrected chi connectivity index (χ2v) is 7.31. The molecule has 3 heterocycles. The lowest BCUT2D eigenvalue weighted by Gasteiger charge is -2.27. The summed E-state index contributed by atoms with van der Waals surface area (Å²) in [5.41, 5.74) is 2.02. The molecule has 1 aromatic carbocycles. The van der Waals surface area contributed by atoms with Crippen molar-refractivity contribution in [3.05, 3.63) is 48.9 Å². The Morgan fingerprint density at radius 3 is 2.68 bits per heavy atom. The Labute approximate surface area is 164 Å². The van der Waals surface area contributed by atoms with Gasteiger partial charge in [0.1, 0.15) is 11.6 Å². The average Bonchev–Trinajstić information content (AvgIpc) is 2.73. The third-order valence-corrected chi connectivity index (χ3v) is 5.34. The number of fused-ring (bicyclic) bond motifs is 1. The summed E-state index contributed by atoms with van der Waals surface area (Å²) < 4.78 is 5.27. The van der Waals surface area contributed by atoms with Gasteiger partial charge in [0, 0.05) is 29.3 Å². The molecule has 1 aliphatic rings. The van der Waals surface area contributed by atoms with Crippen LogP contribution in [0.4, 0.5) is 5.82 Å². The van der Waals surface area contributed by atoms with Crippen molar-refractivity contribution >= 4 is 22.5 Å². The van der Waals surface area contributed by atoms with E-state index in [9.17, 15) is 4.79 Å². The van der Waals surface area contributed by atoms with Crippen LogP contribution in [0, 0.1) is 5.92 Å². The van der Waals surface area contributed by atoms with E-state index >= 15 is 0 Å². The van der Waals surface area contributed by atoms with Crippen LogP contribution in [0.2, 0.25) is 0 Å². The molecule has 6 nitrogen and oxygen atoms in total. The zero-order valence-electron chi connectivity index (χ0n) is 16.2. The number of pyridine rings is 2. The molecule has 1 amide bonds. The van der Waals surface area contributed by atoms with Crippen LogP contribution < -0.4 is 10.1 Å². The number of amides is 1. The molecule has 0 bridgehead atoms. The van der Waals surface area contributed by atoms with E-state index < -0.39 is 0 Å². The highest BCUT2D eigenvalue weighted by Crippen LogP contribution is 2.27. The highest BCUT2D eigenvalue weighted by atomic mass is 16.5. The van der Waals surface area contributed by atoms with Crippen LogP contribution in [0.5, 0.6) is 5.75 Å². The third kappa shape index (κ3) is 3.97. The average molecular weight is 376 g/mol. The van der Waals surface area contributed by atoms with Gasteiger partial charge in [0.05, 0.1) is 13.3 Å². The summed E-state index contributed by atoms with van der Waals surface area (Å²) in [5, 5.41) is 5.04. The Balaban J connectivity index is 1.56. The van der Waals surface area contributed by atoms with Crippen LogP contribution in [-0.4, -0.2) is 48.0 Å². The second-order valence-electron chi connectivity index (χ2n) is 7.31. The number of nitrogens with zero attached hydrogens (tertiary/aromatic N) is 3. The zero-order chi connectivity index (χ0) is 19.5. The van der Waals surface area contributed by atoms with Crippen molar-refractivity contribution in [2.75, 3.05) is 32.6 Å². The molecule has 1 fully saturated rings. The summed E-state index contributed by atoms with van der Waals surface area (Å²) in [6.45, 7) is 1.92. The lowest BCUT2D eigenvalue weighted by molar-refractivity contribution is -0.121. The molecule has 0 radical (unpaired) electrons. The van der Waals surface area contributed by atoms with Gasteiger partial charge in [-0.15, -0.1) is 0 Å². The fourth-order valence-corrected chi connectivity index (χ4v) is 3.58. The number of benzene rings is 1. The van der Waals surface area contributed by atoms with Gasteiger partial charge in [0.25, 0.3) is 0 Å². The van der Waals surface area contributed by atoms with Crippen molar-refractivity contribution in [3.8, 4) is 16.9 Å². The van der Waals surface area contributed by atoms with E-state index in [1.54, 1.807) is 19.5 Å². The molecule has 6 heteroatoms. The molecule has 1 aliphatic heterocycles. The number of anilines is 1. The van der Waals surface area contributed by atoms with E-state index in [-0.39, 0.29) is 11.8 Å². The van der Waals surface area contributed by atoms with Gasteiger partial charge in [-0.1, -0.05) is 12.1 Å². The van der Waals surface area contributed by atoms with Gasteiger partial charge >= 0.3 is 0 Å². The number of hydrogen-bond donors (Lipinski definition) is 1. The molecule has 144 valence electrons. The van der Waals surface area contributed by atoms with Gasteiger partial charge in [0.15, 0.2) is 0 Å². The van der Waals surface area contributed by atoms with Crippen LogP contribution in [0.3, 0.4) is 0 Å². The Morgan fingerprint density at radius 2 is 1.89 bits per heavy atom. The lowest BCUT2D eigenvalue weighted by Crippen LogP contribution is -2.36. The van der Waals surface area contributed by atoms with E-state index in [1.807, 2.05) is 30.5 Å². The summed E-state index contributed by atoms with van der Waals surface area (Å²) in [6, 6.07) is 10.0. The van der Waals surface area contributed by atoms with E-state index in [4.69, 9.17) is 4.74 Å². The predicted octanol–water partition coefficient (Wildman–Crippen LogP) is 3.59. The largest absolute Gasteiger partial charge is 0.495 e. The Hall–Kier alpha value is -2.99. The third-order valence-electron chi connectivity index (χ3n) is 5.34. The molecule has 28 heavy (non-hydrogen) atoms. The van der Waals surface area contributed by atoms with Crippen molar-refractivity contribution < 1.29 is 9.53 Å². The Bertz CT molecular complexity index is 997. The minimum Gasteiger partial charge on any atom is -0.495 e. The standard InChI is InChI=1S/C22H24N4O2/c1-26-7-5-15(6-8-26)22(27)25-21-11-18-9-16(3-4-17(18)13-24-21)19-10-20(28-2)14-23-12-19/h3-4,9-15H,5-8H2,1-2H3,(H,24,25,27). The highest BCUT2D eigenvalue weighted by molar-refractivity contribution is 5.95. The first kappa shape index (κ1) is 18.4. The smallest absolute Gasteiger partial charge is 0.228 e. The van der Waals surface area contributed by atoms with Gasteiger partial charge in [0.2, 0.25) is 5.91 Å². The molecule has 4 rings (SSSR count). The number of ether oxygens (including phenoxy) is 1. The maximum absolute atomic E-state index is 12.6. The van der Waals surface area contributed by atoms with E-state index in [1.165, 1.54) is 0 Å². The molecule has 0 spiro atoms. The summed E-state index contributed by atoms with van der Waals surface area (Å²) >= 11 is 0. The summed E-state index contributed by atoms with van der Waals surface area (Å²) in [4.78, 5) is 23.5. The molecular weight excluding hydrogens is 352 g/mol. The predicted molar refractivity (Wildman–Crippen MR) is 110 cm³/mol. The van der Waals surface area contributed by atoms with Gasteiger partial charge in [-0.05, 0) is 62.1 Å². The maximum atomic E-state index is 12.6. The van der Waals surface area contributed by atoms with E-state index in [0.29, 0.717) is 5.82 Å². The van der Waals surface area contributed by atoms with E-state index in [2.05, 4.69) is 33.3 Å². The number of aromatic nitrogens is 2. The van der Waals surface area contributed by atoms with Crippen molar-refractivity contribution in [1.82, 2.24) is 14.9 Å². The SMILES string of the molecule is COc1cncc(-c2ccc3cnc(NC(=O)C4CCN(C)CC4)cc3c2)c1. The molecule has 0 unspecified atom stereocenters. The summed E-state index contributed by atoms with van der Waals surface area (Å²) in [7, 11) is 3.72. The number of nitrogens with one attached hydrogen (secondary N) is 1. The molecule has 0 aliphatic carbocycles. The van der Waals surface area contributed by atoms with E-state index in [0.717, 1.165) is 53.6 Å². The monoisotopic (exact) mass is 376 g/mol. The zero-order valence-corrected chi connectivity index (χ0v) is 16.2. The van der Waals surface area contributed by atoms with Crippen LogP contribution in [0.25, 0.3) is 21.9 Å². The fourth-order valence-electron chi connectivity index (χ4n) is 3.58. The second kappa shape index (κ2) is 7.94. The van der Waals surface area contributed by atoms with Crippen molar-refractivity contribution in [3.63, 3.8) is 0 Å². The van der Waals surface area contributed by atoms with Gasteiger partial charge < -0.3 is 15.0 Å². The van der Waals surface area contributed by atoms with Crippen molar-refractivity contribution in [2.45, 2.75) is 12.8 Å². The highest BCUT2D eigenvalue weighted by Gasteiger charge is 2.23. The number of rotatable bonds is 4. The lowest BCUT2D eigenvalue weighted by atomic mass is 9.96. The topological polar surface area (TPSA) is 67.4 Å². The number of carbonyl (C=O) groups is 1. The van der Waals surface area contributed by atoms with Crippen LogP contribution in [0.1, 0.15) is 12.8 Å². The molecule has 2 aromatic heterocycles. The quantitative estimate of drug-likeness (QED) is 0.754. The van der Waals surface area contributed by atoms with Gasteiger partial charge in [-0.3, -0.25) is 9.78 Å². The minimum absolute atomic E-state index is 0.0582. The number of methoxy groups -OCH3 is 1. The number of carbonyl (C=O) groups excluding carboxylic acids is 1. The first-order chi connectivity index (χ1) is 13.6. The molecule has 0 saturated carbocycles. The van der Waals surface area contributed by atoms with Crippen molar-refractivity contribution in [2.24, 2.45) is 5.92 Å². The normalized spacial score (nSPS) is 15.5. The number of hydrogen-bond acceptors (Lipinski definition) is 5. The molecule has 1 saturated heterocycles. The van der Waals surface area contributed by atoms with Crippen LogP contribution in [0.15, 0.2) is 48.9 Å². The van der Waals surface area contributed by atoms with Crippen LogP contribution >= 0.6 is 0 Å². The van der Waals surface area contributed by atoms with Gasteiger partial charge in [-0.2, -0.15) is 0 Å². The molecule has 3 aromatic rings. The molecular formula is C22H24N4O2. The van der Waals surface area contributed by atoms with Crippen LogP contribution in [-0.2, 0) is 4.79 Å².